The van der Waals surface area contributed by atoms with Crippen LogP contribution >= 0.6 is 0 Å². The summed E-state index contributed by atoms with van der Waals surface area (Å²) in [7, 11) is -3.91. The Morgan fingerprint density at radius 3 is 2.08 bits per heavy atom. The molecule has 1 saturated heterocycles. The van der Waals surface area contributed by atoms with Gasteiger partial charge in [0.25, 0.3) is 0 Å². The molecule has 0 radical (unpaired) electrons. The summed E-state index contributed by atoms with van der Waals surface area (Å²) >= 11 is 0. The van der Waals surface area contributed by atoms with Crippen LogP contribution in [0.2, 0.25) is 0 Å². The van der Waals surface area contributed by atoms with Crippen molar-refractivity contribution in [3.8, 4) is 0 Å². The first-order valence-corrected chi connectivity index (χ1v) is 14.6. The first-order chi connectivity index (χ1) is 18.2. The largest absolute Gasteiger partial charge is 0.339 e. The lowest BCUT2D eigenvalue weighted by molar-refractivity contribution is -0.134. The average molecular weight is 532 g/mol. The van der Waals surface area contributed by atoms with Gasteiger partial charge in [-0.3, -0.25) is 9.69 Å². The van der Waals surface area contributed by atoms with E-state index in [1.807, 2.05) is 67.6 Å². The molecular formula is C31H37N3O3S. The van der Waals surface area contributed by atoms with Crippen molar-refractivity contribution in [1.29, 1.82) is 0 Å². The maximum atomic E-state index is 13.7. The van der Waals surface area contributed by atoms with Crippen LogP contribution in [0.5, 0.6) is 0 Å². The standard InChI is InChI=1S/C31H37N3O3S/c1-24-21-25(2)30(26(3)22-24)38(36,37)32-29(23-28-13-8-5-9-14-28)31(35)34-19-17-33(18-20-34)16-10-15-27-11-6-4-7-12-27/h4-15,21-22,29,32H,16-20,23H2,1-3H3/b15-10+/t29-/m1/s1. The van der Waals surface area contributed by atoms with E-state index in [4.69, 9.17) is 0 Å². The molecule has 0 aliphatic carbocycles. The highest BCUT2D eigenvalue weighted by molar-refractivity contribution is 7.89. The molecule has 38 heavy (non-hydrogen) atoms. The molecule has 0 bridgehead atoms. The molecular weight excluding hydrogens is 494 g/mol. The third-order valence-corrected chi connectivity index (χ3v) is 8.69. The first kappa shape index (κ1) is 27.8. The number of nitrogens with zero attached hydrogens (tertiary/aromatic N) is 2. The van der Waals surface area contributed by atoms with Gasteiger partial charge in [-0.2, -0.15) is 4.72 Å². The highest BCUT2D eigenvalue weighted by Gasteiger charge is 2.32. The van der Waals surface area contributed by atoms with Crippen LogP contribution in [0.25, 0.3) is 6.08 Å². The van der Waals surface area contributed by atoms with Crippen LogP contribution < -0.4 is 4.72 Å². The van der Waals surface area contributed by atoms with E-state index in [1.54, 1.807) is 18.7 Å². The van der Waals surface area contributed by atoms with Gasteiger partial charge in [-0.1, -0.05) is 90.5 Å². The van der Waals surface area contributed by atoms with Crippen LogP contribution in [-0.4, -0.2) is 62.9 Å². The van der Waals surface area contributed by atoms with Gasteiger partial charge >= 0.3 is 0 Å². The molecule has 3 aromatic carbocycles. The lowest BCUT2D eigenvalue weighted by atomic mass is 10.1. The van der Waals surface area contributed by atoms with Gasteiger partial charge in [0.2, 0.25) is 15.9 Å². The van der Waals surface area contributed by atoms with Gasteiger partial charge in [0.05, 0.1) is 4.90 Å². The summed E-state index contributed by atoms with van der Waals surface area (Å²) in [6.07, 6.45) is 4.55. The van der Waals surface area contributed by atoms with E-state index >= 15 is 0 Å². The molecule has 6 nitrogen and oxygen atoms in total. The summed E-state index contributed by atoms with van der Waals surface area (Å²) in [5.41, 5.74) is 4.44. The Labute approximate surface area is 227 Å². The van der Waals surface area contributed by atoms with E-state index in [-0.39, 0.29) is 10.8 Å². The van der Waals surface area contributed by atoms with Crippen molar-refractivity contribution in [2.45, 2.75) is 38.1 Å². The molecule has 1 atom stereocenters. The third kappa shape index (κ3) is 7.19. The number of rotatable bonds is 9. The second-order valence-corrected chi connectivity index (χ2v) is 11.7. The molecule has 1 aliphatic rings. The summed E-state index contributed by atoms with van der Waals surface area (Å²) in [6, 6.07) is 22.6. The van der Waals surface area contributed by atoms with Gasteiger partial charge in [0.15, 0.2) is 0 Å². The summed E-state index contributed by atoms with van der Waals surface area (Å²) in [5.74, 6) is -0.181. The third-order valence-electron chi connectivity index (χ3n) is 6.91. The monoisotopic (exact) mass is 531 g/mol. The van der Waals surface area contributed by atoms with E-state index in [9.17, 15) is 13.2 Å². The minimum Gasteiger partial charge on any atom is -0.339 e. The van der Waals surface area contributed by atoms with E-state index in [1.165, 1.54) is 0 Å². The quantitative estimate of drug-likeness (QED) is 0.446. The number of carbonyl (C=O) groups excluding carboxylic acids is 1. The minimum atomic E-state index is -3.91. The van der Waals surface area contributed by atoms with E-state index in [0.717, 1.165) is 36.3 Å². The maximum Gasteiger partial charge on any atom is 0.241 e. The summed E-state index contributed by atoms with van der Waals surface area (Å²) < 4.78 is 29.9. The van der Waals surface area contributed by atoms with Crippen molar-refractivity contribution in [3.63, 3.8) is 0 Å². The number of carbonyl (C=O) groups is 1. The highest BCUT2D eigenvalue weighted by atomic mass is 32.2. The second kappa shape index (κ2) is 12.5. The number of benzene rings is 3. The van der Waals surface area contributed by atoms with Crippen LogP contribution in [0.3, 0.4) is 0 Å². The molecule has 0 saturated carbocycles. The van der Waals surface area contributed by atoms with E-state index in [0.29, 0.717) is 30.6 Å². The Morgan fingerprint density at radius 1 is 0.895 bits per heavy atom. The van der Waals surface area contributed by atoms with E-state index in [2.05, 4.69) is 33.9 Å². The van der Waals surface area contributed by atoms with Crippen molar-refractivity contribution < 1.29 is 13.2 Å². The smallest absolute Gasteiger partial charge is 0.241 e. The number of hydrogen-bond acceptors (Lipinski definition) is 4. The molecule has 0 unspecified atom stereocenters. The van der Waals surface area contributed by atoms with Crippen molar-refractivity contribution in [2.75, 3.05) is 32.7 Å². The number of nitrogens with one attached hydrogen (secondary N) is 1. The van der Waals surface area contributed by atoms with Crippen LogP contribution in [-0.2, 0) is 21.2 Å². The van der Waals surface area contributed by atoms with Crippen molar-refractivity contribution >= 4 is 22.0 Å². The van der Waals surface area contributed by atoms with Gasteiger partial charge in [-0.05, 0) is 49.4 Å². The first-order valence-electron chi connectivity index (χ1n) is 13.1. The van der Waals surface area contributed by atoms with Gasteiger partial charge in [-0.15, -0.1) is 0 Å². The minimum absolute atomic E-state index is 0.181. The molecule has 1 fully saturated rings. The molecule has 0 aromatic heterocycles. The molecule has 1 heterocycles. The Balaban J connectivity index is 1.46. The molecule has 0 spiro atoms. The van der Waals surface area contributed by atoms with Gasteiger partial charge < -0.3 is 4.90 Å². The number of piperazine rings is 1. The topological polar surface area (TPSA) is 69.7 Å². The van der Waals surface area contributed by atoms with Gasteiger partial charge in [-0.25, -0.2) is 8.42 Å². The van der Waals surface area contributed by atoms with Crippen molar-refractivity contribution in [3.05, 3.63) is 107 Å². The number of aryl methyl sites for hydroxylation is 3. The average Bonchev–Trinajstić information content (AvgIpc) is 2.88. The van der Waals surface area contributed by atoms with Crippen molar-refractivity contribution in [2.24, 2.45) is 0 Å². The zero-order valence-corrected chi connectivity index (χ0v) is 23.2. The fourth-order valence-electron chi connectivity index (χ4n) is 5.14. The molecule has 3 aromatic rings. The van der Waals surface area contributed by atoms with Crippen LogP contribution in [0, 0.1) is 20.8 Å². The Kier molecular flexibility index (Phi) is 9.15. The van der Waals surface area contributed by atoms with Crippen LogP contribution in [0.15, 0.2) is 83.8 Å². The van der Waals surface area contributed by atoms with Crippen LogP contribution in [0.4, 0.5) is 0 Å². The van der Waals surface area contributed by atoms with Crippen molar-refractivity contribution in [1.82, 2.24) is 14.5 Å². The van der Waals surface area contributed by atoms with E-state index < -0.39 is 16.1 Å². The fourth-order valence-corrected chi connectivity index (χ4v) is 6.78. The van der Waals surface area contributed by atoms with Crippen LogP contribution in [0.1, 0.15) is 27.8 Å². The maximum absolute atomic E-state index is 13.7. The predicted octanol–water partition coefficient (Wildman–Crippen LogP) is 4.36. The number of amides is 1. The SMILES string of the molecule is Cc1cc(C)c(S(=O)(=O)N[C@H](Cc2ccccc2)C(=O)N2CCN(C/C=C/c3ccccc3)CC2)c(C)c1. The zero-order valence-electron chi connectivity index (χ0n) is 22.4. The summed E-state index contributed by atoms with van der Waals surface area (Å²) in [5, 5.41) is 0. The molecule has 4 rings (SSSR count). The zero-order chi connectivity index (χ0) is 27.1. The lowest BCUT2D eigenvalue weighted by Crippen LogP contribution is -2.55. The summed E-state index contributed by atoms with van der Waals surface area (Å²) in [4.78, 5) is 18.1. The molecule has 1 aliphatic heterocycles. The highest BCUT2D eigenvalue weighted by Crippen LogP contribution is 2.23. The second-order valence-electron chi connectivity index (χ2n) is 10.0. The normalized spacial score (nSPS) is 15.6. The Hall–Kier alpha value is -3.26. The number of hydrogen-bond donors (Lipinski definition) is 1. The van der Waals surface area contributed by atoms with Gasteiger partial charge in [0.1, 0.15) is 6.04 Å². The molecule has 200 valence electrons. The number of sulfonamides is 1. The molecule has 1 amide bonds. The predicted molar refractivity (Wildman–Crippen MR) is 153 cm³/mol. The van der Waals surface area contributed by atoms with Gasteiger partial charge in [0, 0.05) is 32.7 Å². The Morgan fingerprint density at radius 2 is 1.47 bits per heavy atom. The fraction of sp³-hybridized carbons (Fsp3) is 0.323. The lowest BCUT2D eigenvalue weighted by Gasteiger charge is -2.36. The molecule has 1 N–H and O–H groups in total. The molecule has 7 heteroatoms. The Bertz CT molecular complexity index is 1340. The summed E-state index contributed by atoms with van der Waals surface area (Å²) in [6.45, 7) is 8.96.